The number of hydrogen-bond donors (Lipinski definition) is 9. The zero-order valence-electron chi connectivity index (χ0n) is 27.4. The van der Waals surface area contributed by atoms with Gasteiger partial charge >= 0.3 is 12.1 Å². The largest absolute Gasteiger partial charge is 0.490 e. The third-order valence-electron chi connectivity index (χ3n) is 7.14. The highest BCUT2D eigenvalue weighted by Gasteiger charge is 2.38. The number of alkyl halides is 3. The van der Waals surface area contributed by atoms with Crippen molar-refractivity contribution < 1.29 is 42.2 Å². The molecule has 3 amide bonds. The van der Waals surface area contributed by atoms with Crippen LogP contribution < -0.4 is 33.2 Å². The first-order chi connectivity index (χ1) is 24.1. The van der Waals surface area contributed by atoms with Crippen LogP contribution in [0.15, 0.2) is 84.9 Å². The molecule has 3 atom stereocenters. The number of amidine groups is 1. The number of carboxylic acids is 1. The number of nitrogens with one attached hydrogen (secondary N) is 5. The van der Waals surface area contributed by atoms with Gasteiger partial charge in [-0.25, -0.2) is 4.79 Å². The number of amides is 3. The van der Waals surface area contributed by atoms with E-state index < -0.39 is 47.9 Å². The van der Waals surface area contributed by atoms with Gasteiger partial charge in [-0.05, 0) is 36.0 Å². The van der Waals surface area contributed by atoms with E-state index in [9.17, 15) is 27.6 Å². The number of carbonyl (C=O) groups excluding carboxylic acids is 3. The van der Waals surface area contributed by atoms with Gasteiger partial charge in [0.05, 0.1) is 19.1 Å². The van der Waals surface area contributed by atoms with Crippen LogP contribution in [0, 0.1) is 10.8 Å². The van der Waals surface area contributed by atoms with Crippen LogP contribution in [0.4, 0.5) is 13.2 Å². The van der Waals surface area contributed by atoms with E-state index in [-0.39, 0.29) is 31.4 Å². The van der Waals surface area contributed by atoms with Crippen LogP contribution in [0.25, 0.3) is 0 Å². The van der Waals surface area contributed by atoms with Gasteiger partial charge in [0.2, 0.25) is 17.7 Å². The average molecular weight is 715 g/mol. The number of carboxylic acid groups (broad SMARTS) is 1. The highest BCUT2D eigenvalue weighted by molar-refractivity contribution is 5.95. The van der Waals surface area contributed by atoms with Gasteiger partial charge in [0.1, 0.15) is 17.9 Å². The van der Waals surface area contributed by atoms with E-state index in [1.807, 2.05) is 72.8 Å². The summed E-state index contributed by atoms with van der Waals surface area (Å²) in [6, 6.07) is 23.5. The molecule has 0 radical (unpaired) electrons. The van der Waals surface area contributed by atoms with Crippen molar-refractivity contribution in [2.75, 3.05) is 13.2 Å². The Hall–Kier alpha value is -5.97. The van der Waals surface area contributed by atoms with Crippen molar-refractivity contribution in [3.63, 3.8) is 0 Å². The lowest BCUT2D eigenvalue weighted by molar-refractivity contribution is -0.192. The quantitative estimate of drug-likeness (QED) is 0.0561. The minimum atomic E-state index is -5.08. The predicted octanol–water partition coefficient (Wildman–Crippen LogP) is 1.87. The number of primary amides is 1. The first-order valence-electron chi connectivity index (χ1n) is 15.5. The fraction of sp³-hybridized carbons (Fsp3) is 0.294. The van der Waals surface area contributed by atoms with E-state index in [4.69, 9.17) is 42.7 Å². The molecule has 0 heterocycles. The summed E-state index contributed by atoms with van der Waals surface area (Å²) >= 11 is 0. The maximum absolute atomic E-state index is 13.8. The number of nitrogen functional groups attached to an aromatic ring is 1. The van der Waals surface area contributed by atoms with Crippen molar-refractivity contribution in [3.05, 3.63) is 107 Å². The van der Waals surface area contributed by atoms with Crippen LogP contribution in [0.3, 0.4) is 0 Å². The Labute approximate surface area is 291 Å². The number of ether oxygens (including phenoxy) is 1. The highest BCUT2D eigenvalue weighted by atomic mass is 19.4. The van der Waals surface area contributed by atoms with Crippen molar-refractivity contribution in [1.82, 2.24) is 16.0 Å². The van der Waals surface area contributed by atoms with E-state index in [0.717, 1.165) is 16.7 Å². The molecule has 0 spiro atoms. The van der Waals surface area contributed by atoms with Gasteiger partial charge in [-0.1, -0.05) is 84.9 Å². The van der Waals surface area contributed by atoms with Crippen LogP contribution in [-0.4, -0.2) is 72.0 Å². The number of carbonyl (C=O) groups is 4. The number of aliphatic carboxylic acids is 1. The Morgan fingerprint density at radius 2 is 1.33 bits per heavy atom. The molecule has 3 aromatic rings. The fourth-order valence-electron chi connectivity index (χ4n) is 4.51. The highest BCUT2D eigenvalue weighted by Crippen LogP contribution is 2.22. The molecule has 3 aromatic carbocycles. The molecule has 51 heavy (non-hydrogen) atoms. The monoisotopic (exact) mass is 714 g/mol. The van der Waals surface area contributed by atoms with Crippen molar-refractivity contribution in [3.8, 4) is 0 Å². The molecule has 17 heteroatoms. The summed E-state index contributed by atoms with van der Waals surface area (Å²) in [6.07, 6.45) is -4.15. The molecular weight excluding hydrogens is 673 g/mol. The van der Waals surface area contributed by atoms with E-state index in [0.29, 0.717) is 24.9 Å². The normalized spacial score (nSPS) is 12.5. The lowest BCUT2D eigenvalue weighted by atomic mass is 9.90. The number of nitrogens with two attached hydrogens (primary N) is 3. The molecule has 274 valence electrons. The van der Waals surface area contributed by atoms with Gasteiger partial charge in [-0.2, -0.15) is 13.2 Å². The molecular formula is C34H41F3N8O6. The second-order valence-corrected chi connectivity index (χ2v) is 11.1. The minimum Gasteiger partial charge on any atom is -0.475 e. The first kappa shape index (κ1) is 41.2. The average Bonchev–Trinajstić information content (AvgIpc) is 3.08. The molecule has 0 aliphatic heterocycles. The van der Waals surface area contributed by atoms with Crippen molar-refractivity contribution in [2.24, 2.45) is 17.2 Å². The molecule has 0 fully saturated rings. The molecule has 0 aromatic heterocycles. The molecule has 0 saturated heterocycles. The van der Waals surface area contributed by atoms with E-state index in [1.54, 1.807) is 12.1 Å². The Balaban J connectivity index is 0.00000116. The molecule has 0 saturated carbocycles. The van der Waals surface area contributed by atoms with E-state index in [1.165, 1.54) is 0 Å². The molecule has 3 rings (SSSR count). The summed E-state index contributed by atoms with van der Waals surface area (Å²) in [4.78, 5) is 48.4. The van der Waals surface area contributed by atoms with Gasteiger partial charge < -0.3 is 43.0 Å². The Bertz CT molecular complexity index is 1610. The van der Waals surface area contributed by atoms with E-state index >= 15 is 0 Å². The number of rotatable bonds is 17. The standard InChI is InChI=1S/C32H40N8O4.C2HF3O2/c33-28(34)24-15-13-21(14-16-24)18-25(23-10-5-2-6-11-23)30(42)40-27(20-44-19-22-8-3-1-4-9-22)31(43)39-26(29(35)41)12-7-17-38-32(36)37;3-2(4,5)1(6)7/h1-6,8-11,13-16,25-27H,7,12,17-20H2,(H3,33,34)(H2,35,41)(H,39,43)(H,40,42)(H4,36,37,38);(H,6,7)/t25-,26+,27+;/m1./s1. The predicted molar refractivity (Wildman–Crippen MR) is 182 cm³/mol. The molecule has 12 N–H and O–H groups in total. The lowest BCUT2D eigenvalue weighted by Crippen LogP contribution is -2.55. The van der Waals surface area contributed by atoms with Gasteiger partial charge in [0.25, 0.3) is 0 Å². The molecule has 0 unspecified atom stereocenters. The van der Waals surface area contributed by atoms with Gasteiger partial charge in [-0.15, -0.1) is 0 Å². The fourth-order valence-corrected chi connectivity index (χ4v) is 4.51. The SMILES string of the molecule is N=C(N)NCCC[C@H](NC(=O)[C@H](COCc1ccccc1)NC(=O)[C@H](Cc1ccc(C(=N)N)cc1)c1ccccc1)C(N)=O.O=C(O)C(F)(F)F. The summed E-state index contributed by atoms with van der Waals surface area (Å²) in [5.74, 6) is -5.43. The first-order valence-corrected chi connectivity index (χ1v) is 15.5. The van der Waals surface area contributed by atoms with Crippen LogP contribution >= 0.6 is 0 Å². The number of halogens is 3. The number of guanidine groups is 1. The number of hydrogen-bond acceptors (Lipinski definition) is 7. The summed E-state index contributed by atoms with van der Waals surface area (Å²) in [5, 5.41) is 30.2. The second kappa shape index (κ2) is 20.5. The van der Waals surface area contributed by atoms with Crippen LogP contribution in [0.2, 0.25) is 0 Å². The van der Waals surface area contributed by atoms with Gasteiger partial charge in [-0.3, -0.25) is 25.2 Å². The summed E-state index contributed by atoms with van der Waals surface area (Å²) in [5.41, 5.74) is 19.5. The van der Waals surface area contributed by atoms with Crippen molar-refractivity contribution in [1.29, 1.82) is 10.8 Å². The topological polar surface area (TPSA) is 260 Å². The minimum absolute atomic E-state index is 0.0531. The Morgan fingerprint density at radius 1 is 0.784 bits per heavy atom. The van der Waals surface area contributed by atoms with Crippen molar-refractivity contribution >= 4 is 35.5 Å². The smallest absolute Gasteiger partial charge is 0.475 e. The number of benzene rings is 3. The molecule has 0 bridgehead atoms. The van der Waals surface area contributed by atoms with Gasteiger partial charge in [0, 0.05) is 12.1 Å². The maximum atomic E-state index is 13.8. The Morgan fingerprint density at radius 3 is 1.84 bits per heavy atom. The van der Waals surface area contributed by atoms with E-state index in [2.05, 4.69) is 16.0 Å². The van der Waals surface area contributed by atoms with Crippen LogP contribution in [-0.2, 0) is 36.9 Å². The van der Waals surface area contributed by atoms with Crippen LogP contribution in [0.5, 0.6) is 0 Å². The maximum Gasteiger partial charge on any atom is 0.490 e. The van der Waals surface area contributed by atoms with Crippen LogP contribution in [0.1, 0.15) is 41.0 Å². The zero-order chi connectivity index (χ0) is 38.0. The molecule has 14 nitrogen and oxygen atoms in total. The zero-order valence-corrected chi connectivity index (χ0v) is 27.4. The summed E-state index contributed by atoms with van der Waals surface area (Å²) in [7, 11) is 0. The summed E-state index contributed by atoms with van der Waals surface area (Å²) < 4.78 is 37.6. The third-order valence-corrected chi connectivity index (χ3v) is 7.14. The summed E-state index contributed by atoms with van der Waals surface area (Å²) in [6.45, 7) is 0.376. The van der Waals surface area contributed by atoms with Gasteiger partial charge in [0.15, 0.2) is 5.96 Å². The Kier molecular flexibility index (Phi) is 16.6. The molecule has 0 aliphatic carbocycles. The molecule has 0 aliphatic rings. The second-order valence-electron chi connectivity index (χ2n) is 11.1. The lowest BCUT2D eigenvalue weighted by Gasteiger charge is -2.25. The third kappa shape index (κ3) is 15.4. The van der Waals surface area contributed by atoms with Crippen molar-refractivity contribution in [2.45, 2.75) is 50.0 Å².